The lowest BCUT2D eigenvalue weighted by atomic mass is 9.90. The van der Waals surface area contributed by atoms with Crippen LogP contribution in [0, 0.1) is 5.41 Å². The summed E-state index contributed by atoms with van der Waals surface area (Å²) < 4.78 is 0. The van der Waals surface area contributed by atoms with E-state index in [4.69, 9.17) is 0 Å². The Balaban J connectivity index is 1.99. The van der Waals surface area contributed by atoms with Crippen molar-refractivity contribution in [3.8, 4) is 0 Å². The maximum Gasteiger partial charge on any atom is 0.0730 e. The molecule has 0 amide bonds. The number of likely N-dealkylation sites (tertiary alicyclic amines) is 1. The highest BCUT2D eigenvalue weighted by Gasteiger charge is 2.37. The Bertz CT molecular complexity index is 321. The predicted molar refractivity (Wildman–Crippen MR) is 61.5 cm³/mol. The van der Waals surface area contributed by atoms with Gasteiger partial charge in [0.2, 0.25) is 0 Å². The molecule has 1 atom stereocenters. The topological polar surface area (TPSA) is 23.5 Å². The minimum atomic E-state index is -0.193. The molecule has 15 heavy (non-hydrogen) atoms. The fourth-order valence-corrected chi connectivity index (χ4v) is 2.20. The summed E-state index contributed by atoms with van der Waals surface area (Å²) in [7, 11) is 0. The lowest BCUT2D eigenvalue weighted by molar-refractivity contribution is 0.0955. The van der Waals surface area contributed by atoms with E-state index >= 15 is 0 Å². The van der Waals surface area contributed by atoms with Gasteiger partial charge in [0.05, 0.1) is 6.10 Å². The number of nitrogens with zero attached hydrogens (tertiary/aromatic N) is 1. The van der Waals surface area contributed by atoms with Crippen LogP contribution in [0.2, 0.25) is 0 Å². The van der Waals surface area contributed by atoms with Gasteiger partial charge in [-0.1, -0.05) is 44.2 Å². The van der Waals surface area contributed by atoms with Gasteiger partial charge in [-0.15, -0.1) is 0 Å². The number of β-amino-alcohol motifs (C(OH)–C–C–N with tert-alkyl or cyclic N) is 1. The van der Waals surface area contributed by atoms with E-state index in [9.17, 15) is 5.11 Å². The average Bonchev–Trinajstić information content (AvgIpc) is 2.42. The highest BCUT2D eigenvalue weighted by Crippen LogP contribution is 2.30. The summed E-state index contributed by atoms with van der Waals surface area (Å²) in [5, 5.41) is 9.86. The van der Waals surface area contributed by atoms with Gasteiger partial charge in [0.15, 0.2) is 0 Å². The molecule has 1 aliphatic heterocycles. The van der Waals surface area contributed by atoms with Crippen molar-refractivity contribution in [2.24, 2.45) is 5.41 Å². The summed E-state index contributed by atoms with van der Waals surface area (Å²) in [6.07, 6.45) is -0.193. The van der Waals surface area contributed by atoms with Gasteiger partial charge in [0.1, 0.15) is 0 Å². The summed E-state index contributed by atoms with van der Waals surface area (Å²) in [5.41, 5.74) is 1.36. The second kappa shape index (κ2) is 3.95. The van der Waals surface area contributed by atoms with E-state index in [1.54, 1.807) is 0 Å². The molecule has 82 valence electrons. The van der Waals surface area contributed by atoms with Crippen LogP contribution in [0.15, 0.2) is 30.3 Å². The molecule has 1 N–H and O–H groups in total. The van der Waals surface area contributed by atoms with Crippen molar-refractivity contribution >= 4 is 0 Å². The first-order valence-electron chi connectivity index (χ1n) is 5.52. The van der Waals surface area contributed by atoms with Gasteiger partial charge in [-0.3, -0.25) is 4.90 Å². The number of aliphatic hydroxyl groups is 1. The zero-order valence-electron chi connectivity index (χ0n) is 9.48. The fraction of sp³-hybridized carbons (Fsp3) is 0.538. The van der Waals surface area contributed by atoms with Crippen LogP contribution in [0.25, 0.3) is 0 Å². The molecule has 1 unspecified atom stereocenters. The molecule has 1 saturated heterocycles. The zero-order valence-corrected chi connectivity index (χ0v) is 9.48. The second-order valence-electron chi connectivity index (χ2n) is 5.16. The van der Waals surface area contributed by atoms with Crippen LogP contribution in [-0.2, 0) is 6.54 Å². The third-order valence-corrected chi connectivity index (χ3v) is 3.21. The third kappa shape index (κ3) is 2.39. The van der Waals surface area contributed by atoms with E-state index in [-0.39, 0.29) is 11.5 Å². The van der Waals surface area contributed by atoms with Crippen LogP contribution >= 0.6 is 0 Å². The molecule has 0 bridgehead atoms. The van der Waals surface area contributed by atoms with Gasteiger partial charge in [0, 0.05) is 25.0 Å². The number of aliphatic hydroxyl groups excluding tert-OH is 1. The molecule has 1 aromatic rings. The maximum atomic E-state index is 9.86. The normalized spacial score (nSPS) is 25.7. The van der Waals surface area contributed by atoms with Gasteiger partial charge in [-0.2, -0.15) is 0 Å². The van der Waals surface area contributed by atoms with Crippen molar-refractivity contribution in [3.05, 3.63) is 35.9 Å². The first-order valence-corrected chi connectivity index (χ1v) is 5.52. The van der Waals surface area contributed by atoms with Crippen LogP contribution in [-0.4, -0.2) is 29.2 Å². The van der Waals surface area contributed by atoms with E-state index in [0.717, 1.165) is 19.6 Å². The minimum absolute atomic E-state index is 0.0365. The Kier molecular flexibility index (Phi) is 2.81. The van der Waals surface area contributed by atoms with Crippen LogP contribution in [0.4, 0.5) is 0 Å². The smallest absolute Gasteiger partial charge is 0.0730 e. The van der Waals surface area contributed by atoms with Crippen LogP contribution in [0.1, 0.15) is 19.4 Å². The zero-order chi connectivity index (χ0) is 10.9. The first-order chi connectivity index (χ1) is 7.08. The molecule has 2 rings (SSSR count). The van der Waals surface area contributed by atoms with Crippen molar-refractivity contribution in [2.45, 2.75) is 26.5 Å². The van der Waals surface area contributed by atoms with E-state index in [2.05, 4.69) is 43.0 Å². The highest BCUT2D eigenvalue weighted by molar-refractivity contribution is 5.15. The Morgan fingerprint density at radius 1 is 1.33 bits per heavy atom. The Hall–Kier alpha value is -0.860. The van der Waals surface area contributed by atoms with Crippen molar-refractivity contribution in [1.29, 1.82) is 0 Å². The fourth-order valence-electron chi connectivity index (χ4n) is 2.20. The van der Waals surface area contributed by atoms with Crippen LogP contribution in [0.3, 0.4) is 0 Å². The maximum absolute atomic E-state index is 9.86. The summed E-state index contributed by atoms with van der Waals surface area (Å²) in [5.74, 6) is 0. The molecular weight excluding hydrogens is 186 g/mol. The molecule has 0 radical (unpaired) electrons. The van der Waals surface area contributed by atoms with E-state index < -0.39 is 0 Å². The van der Waals surface area contributed by atoms with E-state index in [1.165, 1.54) is 5.56 Å². The quantitative estimate of drug-likeness (QED) is 0.797. The molecule has 1 fully saturated rings. The molecule has 2 heteroatoms. The number of hydrogen-bond donors (Lipinski definition) is 1. The summed E-state index contributed by atoms with van der Waals surface area (Å²) in [4.78, 5) is 2.32. The van der Waals surface area contributed by atoms with Crippen molar-refractivity contribution in [3.63, 3.8) is 0 Å². The summed E-state index contributed by atoms with van der Waals surface area (Å²) in [6, 6.07) is 10.4. The molecule has 1 heterocycles. The molecular formula is C13H19NO. The summed E-state index contributed by atoms with van der Waals surface area (Å²) >= 11 is 0. The average molecular weight is 205 g/mol. The predicted octanol–water partition coefficient (Wildman–Crippen LogP) is 1.89. The molecule has 1 aliphatic rings. The van der Waals surface area contributed by atoms with E-state index in [1.807, 2.05) is 6.07 Å². The van der Waals surface area contributed by atoms with Gasteiger partial charge < -0.3 is 5.11 Å². The van der Waals surface area contributed by atoms with Gasteiger partial charge in [0.25, 0.3) is 0 Å². The van der Waals surface area contributed by atoms with Gasteiger partial charge >= 0.3 is 0 Å². The lowest BCUT2D eigenvalue weighted by Crippen LogP contribution is -2.26. The summed E-state index contributed by atoms with van der Waals surface area (Å²) in [6.45, 7) is 6.97. The minimum Gasteiger partial charge on any atom is -0.391 e. The molecule has 2 nitrogen and oxygen atoms in total. The molecule has 0 aromatic heterocycles. The number of hydrogen-bond acceptors (Lipinski definition) is 2. The Labute approximate surface area is 91.5 Å². The molecule has 0 saturated carbocycles. The van der Waals surface area contributed by atoms with Crippen molar-refractivity contribution < 1.29 is 5.11 Å². The molecule has 0 aliphatic carbocycles. The Morgan fingerprint density at radius 2 is 2.00 bits per heavy atom. The van der Waals surface area contributed by atoms with Crippen LogP contribution in [0.5, 0.6) is 0 Å². The number of benzene rings is 1. The molecule has 0 spiro atoms. The van der Waals surface area contributed by atoms with Gasteiger partial charge in [-0.25, -0.2) is 0 Å². The highest BCUT2D eigenvalue weighted by atomic mass is 16.3. The van der Waals surface area contributed by atoms with Crippen LogP contribution < -0.4 is 0 Å². The van der Waals surface area contributed by atoms with E-state index in [0.29, 0.717) is 0 Å². The standard InChI is InChI=1S/C13H19NO/c1-13(2)10-14(9-12(13)15)8-11-6-4-3-5-7-11/h3-7,12,15H,8-10H2,1-2H3. The number of rotatable bonds is 2. The Morgan fingerprint density at radius 3 is 2.53 bits per heavy atom. The SMILES string of the molecule is CC1(C)CN(Cc2ccccc2)CC1O. The second-order valence-corrected chi connectivity index (χ2v) is 5.16. The van der Waals surface area contributed by atoms with Gasteiger partial charge in [-0.05, 0) is 5.56 Å². The van der Waals surface area contributed by atoms with Crippen molar-refractivity contribution in [2.75, 3.05) is 13.1 Å². The third-order valence-electron chi connectivity index (χ3n) is 3.21. The van der Waals surface area contributed by atoms with Crippen molar-refractivity contribution in [1.82, 2.24) is 4.90 Å². The lowest BCUT2D eigenvalue weighted by Gasteiger charge is -2.21. The largest absolute Gasteiger partial charge is 0.391 e. The monoisotopic (exact) mass is 205 g/mol. The molecule has 1 aromatic carbocycles. The first kappa shape index (κ1) is 10.7.